The fourth-order valence-electron chi connectivity index (χ4n) is 2.86. The lowest BCUT2D eigenvalue weighted by Gasteiger charge is -2.17. The summed E-state index contributed by atoms with van der Waals surface area (Å²) in [5.41, 5.74) is 0.872. The summed E-state index contributed by atoms with van der Waals surface area (Å²) >= 11 is 1.29. The summed E-state index contributed by atoms with van der Waals surface area (Å²) in [6.45, 7) is 4.75. The third-order valence-electron chi connectivity index (χ3n) is 4.45. The number of para-hydroxylation sites is 2. The Kier molecular flexibility index (Phi) is 7.04. The molecular weight excluding hydrogens is 389 g/mol. The number of carbonyl (C=O) groups is 2. The third-order valence-corrected chi connectivity index (χ3v) is 5.63. The molecule has 0 spiro atoms. The number of rotatable bonds is 7. The fraction of sp³-hybridized carbons (Fsp3) is 0.318. The molecule has 2 aromatic rings. The first-order valence-corrected chi connectivity index (χ1v) is 10.5. The molecule has 1 aliphatic rings. The van der Waals surface area contributed by atoms with Gasteiger partial charge in [-0.3, -0.25) is 14.5 Å². The Labute approximate surface area is 174 Å². The van der Waals surface area contributed by atoms with Gasteiger partial charge in [-0.05, 0) is 36.6 Å². The van der Waals surface area contributed by atoms with Gasteiger partial charge < -0.3 is 5.32 Å². The van der Waals surface area contributed by atoms with Gasteiger partial charge in [-0.1, -0.05) is 55.9 Å². The number of amidine groups is 1. The predicted molar refractivity (Wildman–Crippen MR) is 116 cm³/mol. The van der Waals surface area contributed by atoms with Crippen LogP contribution in [-0.2, 0) is 9.59 Å². The van der Waals surface area contributed by atoms with Crippen LogP contribution in [0.5, 0.6) is 0 Å². The number of benzene rings is 2. The molecule has 2 amide bonds. The minimum atomic E-state index is -0.573. The van der Waals surface area contributed by atoms with Crippen LogP contribution in [0.25, 0.3) is 0 Å². The van der Waals surface area contributed by atoms with Gasteiger partial charge in [0.25, 0.3) is 0 Å². The quantitative estimate of drug-likeness (QED) is 0.707. The summed E-state index contributed by atoms with van der Waals surface area (Å²) in [5.74, 6) is -0.593. The highest BCUT2D eigenvalue weighted by molar-refractivity contribution is 8.15. The van der Waals surface area contributed by atoms with Crippen LogP contribution in [0.2, 0.25) is 0 Å². The molecule has 0 unspecified atom stereocenters. The number of nitrogens with zero attached hydrogens (tertiary/aromatic N) is 2. The van der Waals surface area contributed by atoms with Crippen LogP contribution < -0.4 is 5.32 Å². The van der Waals surface area contributed by atoms with E-state index in [1.54, 1.807) is 17.0 Å². The number of carbonyl (C=O) groups excluding carboxylic acids is 2. The second-order valence-electron chi connectivity index (χ2n) is 7.24. The standard InChI is InChI=1S/C22H24FN3O2S/c1-15(2)12-13-26-21(28)19(29-22(26)24-16-8-4-3-5-9-16)14-20(27)25-18-11-7-6-10-17(18)23/h3-11,15,19H,12-14H2,1-2H3,(H,25,27)/t19-/m1/s1. The van der Waals surface area contributed by atoms with Gasteiger partial charge in [0.05, 0.1) is 11.4 Å². The van der Waals surface area contributed by atoms with Crippen LogP contribution >= 0.6 is 11.8 Å². The van der Waals surface area contributed by atoms with Gasteiger partial charge in [-0.25, -0.2) is 9.38 Å². The van der Waals surface area contributed by atoms with E-state index in [9.17, 15) is 14.0 Å². The molecule has 1 fully saturated rings. The van der Waals surface area contributed by atoms with Crippen LogP contribution in [-0.4, -0.2) is 33.7 Å². The van der Waals surface area contributed by atoms with E-state index in [1.807, 2.05) is 30.3 Å². The van der Waals surface area contributed by atoms with E-state index in [0.29, 0.717) is 17.6 Å². The maximum absolute atomic E-state index is 13.8. The smallest absolute Gasteiger partial charge is 0.242 e. The highest BCUT2D eigenvalue weighted by Crippen LogP contribution is 2.32. The van der Waals surface area contributed by atoms with Gasteiger partial charge in [0.15, 0.2) is 5.17 Å². The number of hydrogen-bond donors (Lipinski definition) is 1. The van der Waals surface area contributed by atoms with E-state index in [0.717, 1.165) is 12.1 Å². The van der Waals surface area contributed by atoms with Crippen molar-refractivity contribution in [3.05, 3.63) is 60.4 Å². The van der Waals surface area contributed by atoms with Crippen LogP contribution in [0.3, 0.4) is 0 Å². The Balaban J connectivity index is 1.73. The molecule has 2 aromatic carbocycles. The second kappa shape index (κ2) is 9.69. The second-order valence-corrected chi connectivity index (χ2v) is 8.41. The Morgan fingerprint density at radius 3 is 2.55 bits per heavy atom. The number of amides is 2. The van der Waals surface area contributed by atoms with Gasteiger partial charge in [-0.2, -0.15) is 0 Å². The zero-order valence-corrected chi connectivity index (χ0v) is 17.3. The summed E-state index contributed by atoms with van der Waals surface area (Å²) in [7, 11) is 0. The van der Waals surface area contributed by atoms with Crippen molar-refractivity contribution in [1.82, 2.24) is 4.90 Å². The highest BCUT2D eigenvalue weighted by atomic mass is 32.2. The molecule has 5 nitrogen and oxygen atoms in total. The number of nitrogens with one attached hydrogen (secondary N) is 1. The maximum Gasteiger partial charge on any atom is 0.242 e. The van der Waals surface area contributed by atoms with E-state index in [2.05, 4.69) is 24.2 Å². The normalized spacial score (nSPS) is 17.9. The highest BCUT2D eigenvalue weighted by Gasteiger charge is 2.39. The van der Waals surface area contributed by atoms with E-state index in [-0.39, 0.29) is 18.0 Å². The average Bonchev–Trinajstić information content (AvgIpc) is 2.97. The van der Waals surface area contributed by atoms with Gasteiger partial charge in [0, 0.05) is 13.0 Å². The Morgan fingerprint density at radius 2 is 1.86 bits per heavy atom. The minimum Gasteiger partial charge on any atom is -0.324 e. The molecule has 1 atom stereocenters. The zero-order chi connectivity index (χ0) is 20.8. The van der Waals surface area contributed by atoms with Crippen LogP contribution in [0.1, 0.15) is 26.7 Å². The molecule has 1 aliphatic heterocycles. The number of aliphatic imine (C=N–C) groups is 1. The number of hydrogen-bond acceptors (Lipinski definition) is 4. The molecule has 0 saturated carbocycles. The summed E-state index contributed by atoms with van der Waals surface area (Å²) < 4.78 is 13.8. The van der Waals surface area contributed by atoms with Crippen molar-refractivity contribution in [3.8, 4) is 0 Å². The molecule has 0 bridgehead atoms. The molecule has 1 saturated heterocycles. The van der Waals surface area contributed by atoms with E-state index < -0.39 is 17.0 Å². The molecule has 29 heavy (non-hydrogen) atoms. The number of anilines is 1. The number of halogens is 1. The monoisotopic (exact) mass is 413 g/mol. The van der Waals surface area contributed by atoms with Gasteiger partial charge in [0.2, 0.25) is 11.8 Å². The summed E-state index contributed by atoms with van der Waals surface area (Å²) in [6.07, 6.45) is 0.804. The van der Waals surface area contributed by atoms with Crippen molar-refractivity contribution in [3.63, 3.8) is 0 Å². The molecule has 1 N–H and O–H groups in total. The van der Waals surface area contributed by atoms with Crippen molar-refractivity contribution >= 4 is 40.1 Å². The first kappa shape index (κ1) is 21.0. The molecule has 7 heteroatoms. The van der Waals surface area contributed by atoms with Crippen molar-refractivity contribution in [2.45, 2.75) is 31.9 Å². The fourth-order valence-corrected chi connectivity index (χ4v) is 4.05. The number of thioether (sulfide) groups is 1. The van der Waals surface area contributed by atoms with Crippen molar-refractivity contribution in [1.29, 1.82) is 0 Å². The Morgan fingerprint density at radius 1 is 1.17 bits per heavy atom. The van der Waals surface area contributed by atoms with E-state index in [4.69, 9.17) is 0 Å². The van der Waals surface area contributed by atoms with Crippen molar-refractivity contribution < 1.29 is 14.0 Å². The molecule has 0 radical (unpaired) electrons. The molecule has 0 aliphatic carbocycles. The summed E-state index contributed by atoms with van der Waals surface area (Å²) in [6, 6.07) is 15.4. The van der Waals surface area contributed by atoms with Gasteiger partial charge >= 0.3 is 0 Å². The molecular formula is C22H24FN3O2S. The van der Waals surface area contributed by atoms with Crippen molar-refractivity contribution in [2.75, 3.05) is 11.9 Å². The maximum atomic E-state index is 13.8. The minimum absolute atomic E-state index is 0.0379. The van der Waals surface area contributed by atoms with E-state index >= 15 is 0 Å². The molecule has 0 aromatic heterocycles. The van der Waals surface area contributed by atoms with Crippen LogP contribution in [0.4, 0.5) is 15.8 Å². The Hall–Kier alpha value is -2.67. The third kappa shape index (κ3) is 5.67. The lowest BCUT2D eigenvalue weighted by Crippen LogP contribution is -2.34. The van der Waals surface area contributed by atoms with Crippen molar-refractivity contribution in [2.24, 2.45) is 10.9 Å². The zero-order valence-electron chi connectivity index (χ0n) is 16.5. The first-order chi connectivity index (χ1) is 13.9. The SMILES string of the molecule is CC(C)CCN1C(=O)[C@@H](CC(=O)Nc2ccccc2F)SC1=Nc1ccccc1. The average molecular weight is 414 g/mol. The molecule has 3 rings (SSSR count). The summed E-state index contributed by atoms with van der Waals surface area (Å²) in [5, 5.41) is 2.58. The molecule has 1 heterocycles. The van der Waals surface area contributed by atoms with Crippen LogP contribution in [0.15, 0.2) is 59.6 Å². The topological polar surface area (TPSA) is 61.8 Å². The van der Waals surface area contributed by atoms with E-state index in [1.165, 1.54) is 23.9 Å². The lowest BCUT2D eigenvalue weighted by atomic mass is 10.1. The molecule has 152 valence electrons. The first-order valence-electron chi connectivity index (χ1n) is 9.60. The Bertz CT molecular complexity index is 902. The summed E-state index contributed by atoms with van der Waals surface area (Å²) in [4.78, 5) is 31.6. The largest absolute Gasteiger partial charge is 0.324 e. The van der Waals surface area contributed by atoms with Gasteiger partial charge in [0.1, 0.15) is 11.1 Å². The lowest BCUT2D eigenvalue weighted by molar-refractivity contribution is -0.128. The van der Waals surface area contributed by atoms with Crippen LogP contribution in [0, 0.1) is 11.7 Å². The predicted octanol–water partition coefficient (Wildman–Crippen LogP) is 4.83. The van der Waals surface area contributed by atoms with Gasteiger partial charge in [-0.15, -0.1) is 0 Å².